The van der Waals surface area contributed by atoms with Gasteiger partial charge in [-0.2, -0.15) is 0 Å². The predicted octanol–water partition coefficient (Wildman–Crippen LogP) is 0.325. The fraction of sp³-hybridized carbons (Fsp3) is 0.750. The Balaban J connectivity index is 1.64. The van der Waals surface area contributed by atoms with Crippen molar-refractivity contribution in [3.05, 3.63) is 11.8 Å². The second-order valence-corrected chi connectivity index (χ2v) is 6.48. The predicted molar refractivity (Wildman–Crippen MR) is 89.8 cm³/mol. The molecule has 0 radical (unpaired) electrons. The summed E-state index contributed by atoms with van der Waals surface area (Å²) in [5, 5.41) is 16.4. The lowest BCUT2D eigenvalue weighted by Gasteiger charge is -2.35. The summed E-state index contributed by atoms with van der Waals surface area (Å²) in [6, 6.07) is 1.69. The lowest BCUT2D eigenvalue weighted by atomic mass is 10.2. The number of rotatable bonds is 8. The highest BCUT2D eigenvalue weighted by Crippen LogP contribution is 2.08. The minimum Gasteiger partial charge on any atom is -0.389 e. The molecule has 1 aromatic heterocycles. The second kappa shape index (κ2) is 9.12. The van der Waals surface area contributed by atoms with E-state index in [9.17, 15) is 9.90 Å². The number of aliphatic hydroxyl groups is 1. The molecule has 8 heteroatoms. The van der Waals surface area contributed by atoms with Crippen LogP contribution in [-0.2, 0) is 9.53 Å². The van der Waals surface area contributed by atoms with Gasteiger partial charge in [0.15, 0.2) is 5.82 Å². The summed E-state index contributed by atoms with van der Waals surface area (Å²) >= 11 is 0. The fourth-order valence-corrected chi connectivity index (χ4v) is 2.60. The molecule has 1 amide bonds. The van der Waals surface area contributed by atoms with E-state index in [1.807, 2.05) is 13.8 Å². The van der Waals surface area contributed by atoms with Crippen LogP contribution in [0.15, 0.2) is 10.6 Å². The number of hydrogen-bond donors (Lipinski definition) is 2. The van der Waals surface area contributed by atoms with Gasteiger partial charge in [0.25, 0.3) is 0 Å². The number of aromatic nitrogens is 1. The topological polar surface area (TPSA) is 91.1 Å². The average molecular weight is 340 g/mol. The van der Waals surface area contributed by atoms with Gasteiger partial charge in [-0.15, -0.1) is 0 Å². The molecular formula is C16H28N4O4. The Kier molecular flexibility index (Phi) is 7.16. The van der Waals surface area contributed by atoms with E-state index in [1.165, 1.54) is 0 Å². The average Bonchev–Trinajstić information content (AvgIpc) is 2.92. The van der Waals surface area contributed by atoms with E-state index in [-0.39, 0.29) is 12.0 Å². The number of β-amino-alcohol motifs (C(OH)–C–C–N with tert-alkyl or cyclic N) is 1. The van der Waals surface area contributed by atoms with Crippen molar-refractivity contribution in [1.29, 1.82) is 0 Å². The smallest absolute Gasteiger partial charge is 0.239 e. The van der Waals surface area contributed by atoms with Crippen molar-refractivity contribution >= 4 is 11.7 Å². The van der Waals surface area contributed by atoms with Gasteiger partial charge in [-0.05, 0) is 20.8 Å². The van der Waals surface area contributed by atoms with Gasteiger partial charge < -0.3 is 19.7 Å². The molecule has 24 heavy (non-hydrogen) atoms. The van der Waals surface area contributed by atoms with E-state index in [0.717, 1.165) is 26.2 Å². The van der Waals surface area contributed by atoms with Crippen LogP contribution in [0.4, 0.5) is 5.82 Å². The van der Waals surface area contributed by atoms with Crippen molar-refractivity contribution < 1.29 is 19.2 Å². The third kappa shape index (κ3) is 6.56. The molecule has 2 N–H and O–H groups in total. The highest BCUT2D eigenvalue weighted by molar-refractivity contribution is 5.91. The number of amides is 1. The quantitative estimate of drug-likeness (QED) is 0.704. The Labute approximate surface area is 142 Å². The van der Waals surface area contributed by atoms with E-state index in [2.05, 4.69) is 20.3 Å². The number of nitrogens with zero attached hydrogens (tertiary/aromatic N) is 3. The van der Waals surface area contributed by atoms with Gasteiger partial charge >= 0.3 is 0 Å². The molecule has 136 valence electrons. The second-order valence-electron chi connectivity index (χ2n) is 6.48. The van der Waals surface area contributed by atoms with Gasteiger partial charge in [0, 0.05) is 38.8 Å². The summed E-state index contributed by atoms with van der Waals surface area (Å²) < 4.78 is 10.3. The van der Waals surface area contributed by atoms with Crippen LogP contribution in [0.25, 0.3) is 0 Å². The molecule has 1 aromatic rings. The van der Waals surface area contributed by atoms with E-state index in [0.29, 0.717) is 31.3 Å². The molecule has 2 rings (SSSR count). The Bertz CT molecular complexity index is 512. The fourth-order valence-electron chi connectivity index (χ4n) is 2.60. The first-order chi connectivity index (χ1) is 11.4. The SMILES string of the molecule is Cc1cc(NC(=O)CN2CCN(CC(O)COC(C)C)CC2)no1. The van der Waals surface area contributed by atoms with Gasteiger partial charge in [0.1, 0.15) is 5.76 Å². The first kappa shape index (κ1) is 18.9. The van der Waals surface area contributed by atoms with Crippen LogP contribution >= 0.6 is 0 Å². The molecule has 1 unspecified atom stereocenters. The Morgan fingerprint density at radius 2 is 2.04 bits per heavy atom. The Hall–Kier alpha value is -1.48. The number of aliphatic hydroxyl groups excluding tert-OH is 1. The number of carbonyl (C=O) groups is 1. The highest BCUT2D eigenvalue weighted by atomic mass is 16.5. The van der Waals surface area contributed by atoms with E-state index < -0.39 is 6.10 Å². The minimum atomic E-state index is -0.474. The molecule has 1 aliphatic heterocycles. The summed E-state index contributed by atoms with van der Waals surface area (Å²) in [7, 11) is 0. The normalized spacial score (nSPS) is 18.0. The summed E-state index contributed by atoms with van der Waals surface area (Å²) in [6.45, 7) is 10.2. The summed E-state index contributed by atoms with van der Waals surface area (Å²) in [5.41, 5.74) is 0. The van der Waals surface area contributed by atoms with Crippen molar-refractivity contribution in [2.24, 2.45) is 0 Å². The largest absolute Gasteiger partial charge is 0.389 e. The lowest BCUT2D eigenvalue weighted by Crippen LogP contribution is -2.50. The van der Waals surface area contributed by atoms with Crippen LogP contribution in [0.2, 0.25) is 0 Å². The van der Waals surface area contributed by atoms with Crippen LogP contribution in [0, 0.1) is 6.92 Å². The zero-order valence-electron chi connectivity index (χ0n) is 14.7. The zero-order valence-corrected chi connectivity index (χ0v) is 14.7. The molecule has 2 heterocycles. The Morgan fingerprint density at radius 3 is 2.62 bits per heavy atom. The van der Waals surface area contributed by atoms with Crippen molar-refractivity contribution in [2.45, 2.75) is 33.0 Å². The Morgan fingerprint density at radius 1 is 1.38 bits per heavy atom. The summed E-state index contributed by atoms with van der Waals surface area (Å²) in [4.78, 5) is 16.3. The number of aryl methyl sites for hydroxylation is 1. The molecule has 0 aromatic carbocycles. The van der Waals surface area contributed by atoms with Gasteiger partial charge in [0.05, 0.1) is 25.4 Å². The van der Waals surface area contributed by atoms with Crippen LogP contribution in [0.5, 0.6) is 0 Å². The van der Waals surface area contributed by atoms with Crippen molar-refractivity contribution in [3.8, 4) is 0 Å². The zero-order chi connectivity index (χ0) is 17.5. The van der Waals surface area contributed by atoms with Crippen molar-refractivity contribution in [3.63, 3.8) is 0 Å². The summed E-state index contributed by atoms with van der Waals surface area (Å²) in [6.07, 6.45) is -0.346. The lowest BCUT2D eigenvalue weighted by molar-refractivity contribution is -0.117. The number of piperazine rings is 1. The molecular weight excluding hydrogens is 312 g/mol. The number of ether oxygens (including phenoxy) is 1. The van der Waals surface area contributed by atoms with Gasteiger partial charge in [0.2, 0.25) is 5.91 Å². The molecule has 8 nitrogen and oxygen atoms in total. The molecule has 1 atom stereocenters. The highest BCUT2D eigenvalue weighted by Gasteiger charge is 2.21. The maximum Gasteiger partial charge on any atom is 0.239 e. The first-order valence-corrected chi connectivity index (χ1v) is 8.40. The number of hydrogen-bond acceptors (Lipinski definition) is 7. The first-order valence-electron chi connectivity index (χ1n) is 8.40. The van der Waals surface area contributed by atoms with E-state index >= 15 is 0 Å². The molecule has 0 spiro atoms. The van der Waals surface area contributed by atoms with Crippen molar-refractivity contribution in [2.75, 3.05) is 51.2 Å². The van der Waals surface area contributed by atoms with Crippen LogP contribution in [0.3, 0.4) is 0 Å². The molecule has 1 saturated heterocycles. The summed E-state index contributed by atoms with van der Waals surface area (Å²) in [5.74, 6) is 1.02. The minimum absolute atomic E-state index is 0.0953. The van der Waals surface area contributed by atoms with Gasteiger partial charge in [-0.25, -0.2) is 0 Å². The van der Waals surface area contributed by atoms with Gasteiger partial charge in [-0.1, -0.05) is 5.16 Å². The molecule has 0 aliphatic carbocycles. The van der Waals surface area contributed by atoms with Crippen LogP contribution in [0.1, 0.15) is 19.6 Å². The number of carbonyl (C=O) groups excluding carboxylic acids is 1. The standard InChI is InChI=1S/C16H28N4O4/c1-12(2)23-11-14(21)9-19-4-6-20(7-5-19)10-16(22)17-15-8-13(3)24-18-15/h8,12,14,21H,4-7,9-11H2,1-3H3,(H,17,18,22). The number of nitrogens with one attached hydrogen (secondary N) is 1. The molecule has 1 fully saturated rings. The third-order valence-electron chi connectivity index (χ3n) is 3.82. The maximum absolute atomic E-state index is 12.0. The van der Waals surface area contributed by atoms with Gasteiger partial charge in [-0.3, -0.25) is 14.6 Å². The van der Waals surface area contributed by atoms with Crippen molar-refractivity contribution in [1.82, 2.24) is 15.0 Å². The molecule has 0 saturated carbocycles. The molecule has 1 aliphatic rings. The van der Waals surface area contributed by atoms with Crippen LogP contribution < -0.4 is 5.32 Å². The number of anilines is 1. The third-order valence-corrected chi connectivity index (χ3v) is 3.82. The molecule has 0 bridgehead atoms. The van der Waals surface area contributed by atoms with Crippen LogP contribution in [-0.4, -0.2) is 84.1 Å². The maximum atomic E-state index is 12.0. The monoisotopic (exact) mass is 340 g/mol. The van der Waals surface area contributed by atoms with E-state index in [1.54, 1.807) is 13.0 Å². The van der Waals surface area contributed by atoms with E-state index in [4.69, 9.17) is 9.26 Å².